The third-order valence-corrected chi connectivity index (χ3v) is 6.91. The normalized spacial score (nSPS) is 22.5. The van der Waals surface area contributed by atoms with Crippen LogP contribution in [-0.4, -0.2) is 67.3 Å². The van der Waals surface area contributed by atoms with E-state index in [4.69, 9.17) is 19.3 Å². The van der Waals surface area contributed by atoms with Crippen LogP contribution in [0.3, 0.4) is 0 Å². The minimum Gasteiger partial charge on any atom is -0.497 e. The molecule has 2 aromatic carbocycles. The van der Waals surface area contributed by atoms with Crippen molar-refractivity contribution < 1.29 is 19.0 Å². The Hall–Kier alpha value is -2.74. The topological polar surface area (TPSA) is 63.6 Å². The molecule has 1 atom stereocenters. The molecule has 0 bridgehead atoms. The van der Waals surface area contributed by atoms with Gasteiger partial charge in [-0.15, -0.1) is 0 Å². The van der Waals surface area contributed by atoms with Crippen molar-refractivity contribution in [2.75, 3.05) is 40.0 Å². The van der Waals surface area contributed by atoms with Crippen molar-refractivity contribution in [2.45, 2.75) is 38.0 Å². The predicted molar refractivity (Wildman–Crippen MR) is 125 cm³/mol. The fourth-order valence-electron chi connectivity index (χ4n) is 5.02. The van der Waals surface area contributed by atoms with Gasteiger partial charge in [0.1, 0.15) is 5.75 Å². The molecule has 2 fully saturated rings. The highest BCUT2D eigenvalue weighted by atomic mass is 16.7. The van der Waals surface area contributed by atoms with Gasteiger partial charge in [0.15, 0.2) is 5.79 Å². The van der Waals surface area contributed by atoms with E-state index in [-0.39, 0.29) is 11.9 Å². The van der Waals surface area contributed by atoms with Crippen LogP contribution < -0.4 is 4.74 Å². The second kappa shape index (κ2) is 9.25. The molecule has 174 valence electrons. The first-order chi connectivity index (χ1) is 16.1. The predicted octanol–water partition coefficient (Wildman–Crippen LogP) is 3.52. The Bertz CT molecular complexity index is 1040. The van der Waals surface area contributed by atoms with Crippen LogP contribution in [0.2, 0.25) is 0 Å². The van der Waals surface area contributed by atoms with Crippen molar-refractivity contribution >= 4 is 11.6 Å². The number of hydrazone groups is 1. The van der Waals surface area contributed by atoms with Gasteiger partial charge in [-0.1, -0.05) is 36.4 Å². The molecule has 33 heavy (non-hydrogen) atoms. The minimum atomic E-state index is -0.436. The molecule has 2 aromatic rings. The van der Waals surface area contributed by atoms with E-state index in [1.807, 2.05) is 36.4 Å². The smallest absolute Gasteiger partial charge is 0.257 e. The van der Waals surface area contributed by atoms with Crippen LogP contribution in [0, 0.1) is 6.92 Å². The van der Waals surface area contributed by atoms with Crippen molar-refractivity contribution in [3.63, 3.8) is 0 Å². The number of rotatable bonds is 5. The van der Waals surface area contributed by atoms with Crippen LogP contribution in [-0.2, 0) is 14.3 Å². The first-order valence-electron chi connectivity index (χ1n) is 11.7. The number of carbonyl (C=O) groups excluding carboxylic acids is 1. The van der Waals surface area contributed by atoms with E-state index in [0.717, 1.165) is 54.1 Å². The van der Waals surface area contributed by atoms with Crippen LogP contribution in [0.4, 0.5) is 0 Å². The number of amides is 1. The Morgan fingerprint density at radius 2 is 1.88 bits per heavy atom. The molecule has 0 radical (unpaired) electrons. The average molecular weight is 450 g/mol. The first kappa shape index (κ1) is 22.1. The van der Waals surface area contributed by atoms with Crippen LogP contribution in [0.15, 0.2) is 53.6 Å². The lowest BCUT2D eigenvalue weighted by Crippen LogP contribution is -2.48. The van der Waals surface area contributed by atoms with Crippen LogP contribution in [0.5, 0.6) is 5.75 Å². The summed E-state index contributed by atoms with van der Waals surface area (Å²) in [5, 5.41) is 6.54. The number of ether oxygens (including phenoxy) is 3. The summed E-state index contributed by atoms with van der Waals surface area (Å²) in [7, 11) is 1.66. The molecular weight excluding hydrogens is 418 g/mol. The van der Waals surface area contributed by atoms with Crippen LogP contribution in [0.25, 0.3) is 0 Å². The van der Waals surface area contributed by atoms with Gasteiger partial charge in [-0.2, -0.15) is 5.10 Å². The van der Waals surface area contributed by atoms with E-state index in [9.17, 15) is 4.79 Å². The number of hydrogen-bond acceptors (Lipinski definition) is 6. The van der Waals surface area contributed by atoms with Crippen molar-refractivity contribution in [2.24, 2.45) is 5.10 Å². The highest BCUT2D eigenvalue weighted by molar-refractivity contribution is 6.03. The third-order valence-electron chi connectivity index (χ3n) is 6.91. The van der Waals surface area contributed by atoms with E-state index in [2.05, 4.69) is 24.0 Å². The summed E-state index contributed by atoms with van der Waals surface area (Å²) in [5.74, 6) is 0.366. The lowest BCUT2D eigenvalue weighted by atomic mass is 9.95. The minimum absolute atomic E-state index is 0.0188. The second-order valence-corrected chi connectivity index (χ2v) is 8.98. The van der Waals surface area contributed by atoms with E-state index in [1.165, 1.54) is 0 Å². The Morgan fingerprint density at radius 3 is 2.61 bits per heavy atom. The standard InChI is InChI=1S/C26H31N3O4/c1-19-6-3-4-9-22(19)24-17-23(20-7-5-8-21(16-20)31-2)27-29(24)25(30)18-28-12-10-26(11-13-28)32-14-15-33-26/h3-9,16,24H,10-15,17-18H2,1-2H3. The molecule has 0 saturated carbocycles. The van der Waals surface area contributed by atoms with Gasteiger partial charge in [-0.25, -0.2) is 5.01 Å². The Balaban J connectivity index is 1.36. The quantitative estimate of drug-likeness (QED) is 0.699. The molecule has 3 heterocycles. The molecule has 1 unspecified atom stereocenters. The van der Waals surface area contributed by atoms with E-state index >= 15 is 0 Å². The van der Waals surface area contributed by atoms with Crippen LogP contribution in [0.1, 0.15) is 42.0 Å². The highest BCUT2D eigenvalue weighted by Gasteiger charge is 2.41. The molecule has 2 saturated heterocycles. The summed E-state index contributed by atoms with van der Waals surface area (Å²) >= 11 is 0. The fraction of sp³-hybridized carbons (Fsp3) is 0.462. The number of methoxy groups -OCH3 is 1. The van der Waals surface area contributed by atoms with E-state index in [0.29, 0.717) is 26.2 Å². The Morgan fingerprint density at radius 1 is 1.12 bits per heavy atom. The third kappa shape index (κ3) is 4.53. The van der Waals surface area contributed by atoms with Gasteiger partial charge in [-0.05, 0) is 30.2 Å². The monoisotopic (exact) mass is 449 g/mol. The summed E-state index contributed by atoms with van der Waals surface area (Å²) in [6.45, 7) is 5.31. The Kier molecular flexibility index (Phi) is 6.19. The summed E-state index contributed by atoms with van der Waals surface area (Å²) in [5.41, 5.74) is 4.19. The van der Waals surface area contributed by atoms with E-state index < -0.39 is 5.79 Å². The van der Waals surface area contributed by atoms with Gasteiger partial charge < -0.3 is 14.2 Å². The summed E-state index contributed by atoms with van der Waals surface area (Å²) in [6, 6.07) is 16.0. The fourth-order valence-corrected chi connectivity index (χ4v) is 5.02. The first-order valence-corrected chi connectivity index (χ1v) is 11.7. The van der Waals surface area contributed by atoms with Gasteiger partial charge in [-0.3, -0.25) is 9.69 Å². The number of nitrogens with zero attached hydrogens (tertiary/aromatic N) is 3. The molecule has 3 aliphatic rings. The Labute approximate surface area is 194 Å². The summed E-state index contributed by atoms with van der Waals surface area (Å²) < 4.78 is 17.1. The molecule has 0 N–H and O–H groups in total. The van der Waals surface area contributed by atoms with Crippen molar-refractivity contribution in [1.29, 1.82) is 0 Å². The zero-order chi connectivity index (χ0) is 22.8. The summed E-state index contributed by atoms with van der Waals surface area (Å²) in [6.07, 6.45) is 2.26. The van der Waals surface area contributed by atoms with Gasteiger partial charge >= 0.3 is 0 Å². The van der Waals surface area contributed by atoms with Gasteiger partial charge in [0.25, 0.3) is 5.91 Å². The van der Waals surface area contributed by atoms with Crippen LogP contribution >= 0.6 is 0 Å². The molecule has 5 rings (SSSR count). The van der Waals surface area contributed by atoms with Gasteiger partial charge in [0, 0.05) is 37.9 Å². The molecule has 1 amide bonds. The molecule has 7 nitrogen and oxygen atoms in total. The van der Waals surface area contributed by atoms with Gasteiger partial charge in [0.05, 0.1) is 38.6 Å². The number of likely N-dealkylation sites (tertiary alicyclic amines) is 1. The van der Waals surface area contributed by atoms with Crippen molar-refractivity contribution in [3.05, 3.63) is 65.2 Å². The SMILES string of the molecule is COc1cccc(C2=NN(C(=O)CN3CCC4(CC3)OCCO4)C(c3ccccc3C)C2)c1. The average Bonchev–Trinajstić information content (AvgIpc) is 3.49. The van der Waals surface area contributed by atoms with Crippen molar-refractivity contribution in [3.8, 4) is 5.75 Å². The molecule has 1 spiro atoms. The second-order valence-electron chi connectivity index (χ2n) is 8.98. The zero-order valence-corrected chi connectivity index (χ0v) is 19.3. The number of benzene rings is 2. The molecule has 0 aromatic heterocycles. The van der Waals surface area contributed by atoms with E-state index in [1.54, 1.807) is 12.1 Å². The maximum atomic E-state index is 13.5. The highest BCUT2D eigenvalue weighted by Crippen LogP contribution is 2.36. The van der Waals surface area contributed by atoms with Gasteiger partial charge in [0.2, 0.25) is 0 Å². The maximum absolute atomic E-state index is 13.5. The largest absolute Gasteiger partial charge is 0.497 e. The molecule has 7 heteroatoms. The lowest BCUT2D eigenvalue weighted by molar-refractivity contribution is -0.186. The number of hydrogen-bond donors (Lipinski definition) is 0. The summed E-state index contributed by atoms with van der Waals surface area (Å²) in [4.78, 5) is 15.7. The number of carbonyl (C=O) groups is 1. The maximum Gasteiger partial charge on any atom is 0.257 e. The molecule has 3 aliphatic heterocycles. The van der Waals surface area contributed by atoms with Crippen molar-refractivity contribution in [1.82, 2.24) is 9.91 Å². The number of piperidine rings is 1. The molecule has 0 aliphatic carbocycles. The zero-order valence-electron chi connectivity index (χ0n) is 19.3. The number of aryl methyl sites for hydroxylation is 1. The lowest BCUT2D eigenvalue weighted by Gasteiger charge is -2.37. The molecular formula is C26H31N3O4.